The summed E-state index contributed by atoms with van der Waals surface area (Å²) < 4.78 is 0. The molecule has 0 aromatic rings. The Balaban J connectivity index is 3.04. The number of alkyl halides is 1. The number of rotatable bonds is 5. The lowest BCUT2D eigenvalue weighted by molar-refractivity contribution is 0.342. The van der Waals surface area contributed by atoms with Gasteiger partial charge in [-0.3, -0.25) is 0 Å². The molecule has 0 heterocycles. The number of aliphatic hydroxyl groups excluding tert-OH is 1. The summed E-state index contributed by atoms with van der Waals surface area (Å²) in [5.41, 5.74) is 0. The molecular formula is C8H13ClO. The summed E-state index contributed by atoms with van der Waals surface area (Å²) in [6, 6.07) is 0. The van der Waals surface area contributed by atoms with Crippen molar-refractivity contribution in [2.75, 3.05) is 12.5 Å². The second kappa shape index (κ2) is 8.73. The monoisotopic (exact) mass is 160 g/mol. The Morgan fingerprint density at radius 3 is 2.10 bits per heavy atom. The van der Waals surface area contributed by atoms with Crippen molar-refractivity contribution in [2.24, 2.45) is 0 Å². The van der Waals surface area contributed by atoms with Gasteiger partial charge in [-0.2, -0.15) is 0 Å². The molecular weight excluding hydrogens is 148 g/mol. The van der Waals surface area contributed by atoms with Crippen LogP contribution in [0.25, 0.3) is 0 Å². The Bertz CT molecular complexity index is 93.8. The molecule has 0 aliphatic carbocycles. The van der Waals surface area contributed by atoms with Gasteiger partial charge in [0, 0.05) is 5.88 Å². The molecule has 0 amide bonds. The van der Waals surface area contributed by atoms with Crippen LogP contribution in [0.4, 0.5) is 0 Å². The van der Waals surface area contributed by atoms with E-state index in [1.54, 1.807) is 6.08 Å². The Hall–Kier alpha value is -0.270. The van der Waals surface area contributed by atoms with Crippen LogP contribution in [0.2, 0.25) is 0 Å². The van der Waals surface area contributed by atoms with Gasteiger partial charge in [-0.05, 0) is 12.8 Å². The topological polar surface area (TPSA) is 20.2 Å². The van der Waals surface area contributed by atoms with Gasteiger partial charge < -0.3 is 5.11 Å². The zero-order chi connectivity index (χ0) is 7.66. The molecule has 0 radical (unpaired) electrons. The Kier molecular flexibility index (Phi) is 8.49. The van der Waals surface area contributed by atoms with Gasteiger partial charge in [0.1, 0.15) is 0 Å². The van der Waals surface area contributed by atoms with Crippen LogP contribution in [0.5, 0.6) is 0 Å². The van der Waals surface area contributed by atoms with Crippen LogP contribution in [0.15, 0.2) is 24.3 Å². The fourth-order valence-corrected chi connectivity index (χ4v) is 0.692. The molecule has 1 N–H and O–H groups in total. The average Bonchev–Trinajstić information content (AvgIpc) is 1.97. The van der Waals surface area contributed by atoms with Crippen molar-refractivity contribution in [2.45, 2.75) is 12.8 Å². The summed E-state index contributed by atoms with van der Waals surface area (Å²) in [6.45, 7) is 0.138. The van der Waals surface area contributed by atoms with E-state index < -0.39 is 0 Å². The van der Waals surface area contributed by atoms with Crippen LogP contribution in [0.1, 0.15) is 12.8 Å². The van der Waals surface area contributed by atoms with Gasteiger partial charge in [0.15, 0.2) is 0 Å². The predicted octanol–water partition coefficient (Wildman–Crippen LogP) is 2.11. The van der Waals surface area contributed by atoms with Crippen LogP contribution in [0, 0.1) is 0 Å². The molecule has 1 nitrogen and oxygen atoms in total. The zero-order valence-electron chi connectivity index (χ0n) is 5.96. The number of allylic oxidation sites excluding steroid dienone is 3. The van der Waals surface area contributed by atoms with E-state index in [0.29, 0.717) is 5.88 Å². The summed E-state index contributed by atoms with van der Waals surface area (Å²) in [4.78, 5) is 0. The highest BCUT2D eigenvalue weighted by molar-refractivity contribution is 6.18. The van der Waals surface area contributed by atoms with Crippen LogP contribution in [-0.4, -0.2) is 17.6 Å². The Labute approximate surface area is 67.0 Å². The summed E-state index contributed by atoms with van der Waals surface area (Å²) in [7, 11) is 0. The Morgan fingerprint density at radius 1 is 1.00 bits per heavy atom. The van der Waals surface area contributed by atoms with E-state index in [-0.39, 0.29) is 6.61 Å². The molecule has 0 spiro atoms. The van der Waals surface area contributed by atoms with Gasteiger partial charge in [-0.1, -0.05) is 24.3 Å². The van der Waals surface area contributed by atoms with E-state index >= 15 is 0 Å². The number of hydrogen-bond donors (Lipinski definition) is 1. The molecule has 0 rings (SSSR count). The van der Waals surface area contributed by atoms with Crippen LogP contribution in [0.3, 0.4) is 0 Å². The first kappa shape index (κ1) is 9.73. The third kappa shape index (κ3) is 7.73. The minimum Gasteiger partial charge on any atom is -0.392 e. The number of aliphatic hydroxyl groups is 1. The fraction of sp³-hybridized carbons (Fsp3) is 0.500. The van der Waals surface area contributed by atoms with Crippen LogP contribution >= 0.6 is 11.6 Å². The van der Waals surface area contributed by atoms with E-state index in [1.807, 2.05) is 18.2 Å². The molecule has 0 bridgehead atoms. The normalized spacial score (nSPS) is 11.8. The van der Waals surface area contributed by atoms with E-state index in [1.165, 1.54) is 0 Å². The van der Waals surface area contributed by atoms with Gasteiger partial charge in [0.2, 0.25) is 0 Å². The maximum absolute atomic E-state index is 8.34. The third-order valence-corrected chi connectivity index (χ3v) is 1.21. The molecule has 0 aromatic carbocycles. The lowest BCUT2D eigenvalue weighted by atomic mass is 10.3. The molecule has 0 saturated heterocycles. The standard InChI is InChI=1S/C8H13ClO/c9-7-5-3-1-2-4-6-8-10/h3-6,10H,1-2,7-8H2/b5-3+,6-4+. The molecule has 0 atom stereocenters. The molecule has 0 aliphatic rings. The fourth-order valence-electron chi connectivity index (χ4n) is 0.566. The largest absolute Gasteiger partial charge is 0.392 e. The molecule has 10 heavy (non-hydrogen) atoms. The number of unbranched alkanes of at least 4 members (excludes halogenated alkanes) is 1. The van der Waals surface area contributed by atoms with Gasteiger partial charge >= 0.3 is 0 Å². The van der Waals surface area contributed by atoms with Gasteiger partial charge in [-0.15, -0.1) is 11.6 Å². The Morgan fingerprint density at radius 2 is 1.60 bits per heavy atom. The highest BCUT2D eigenvalue weighted by atomic mass is 35.5. The van der Waals surface area contributed by atoms with Crippen molar-refractivity contribution in [3.8, 4) is 0 Å². The quantitative estimate of drug-likeness (QED) is 0.371. The molecule has 0 saturated carbocycles. The first-order valence-electron chi connectivity index (χ1n) is 3.38. The molecule has 0 fully saturated rings. The van der Waals surface area contributed by atoms with Crippen molar-refractivity contribution < 1.29 is 5.11 Å². The second-order valence-corrected chi connectivity index (χ2v) is 2.17. The molecule has 0 unspecified atom stereocenters. The van der Waals surface area contributed by atoms with Crippen molar-refractivity contribution in [3.63, 3.8) is 0 Å². The third-order valence-electron chi connectivity index (χ3n) is 1.03. The minimum atomic E-state index is 0.138. The molecule has 2 heteroatoms. The van der Waals surface area contributed by atoms with Crippen LogP contribution in [-0.2, 0) is 0 Å². The summed E-state index contributed by atoms with van der Waals surface area (Å²) >= 11 is 5.40. The maximum Gasteiger partial charge on any atom is 0.0612 e. The number of hydrogen-bond acceptors (Lipinski definition) is 1. The maximum atomic E-state index is 8.34. The minimum absolute atomic E-state index is 0.138. The smallest absolute Gasteiger partial charge is 0.0612 e. The van der Waals surface area contributed by atoms with Crippen molar-refractivity contribution >= 4 is 11.6 Å². The first-order chi connectivity index (χ1) is 4.91. The lowest BCUT2D eigenvalue weighted by Gasteiger charge is -1.84. The summed E-state index contributed by atoms with van der Waals surface area (Å²) in [6.07, 6.45) is 9.65. The lowest BCUT2D eigenvalue weighted by Crippen LogP contribution is -1.71. The van der Waals surface area contributed by atoms with Crippen LogP contribution < -0.4 is 0 Å². The van der Waals surface area contributed by atoms with Crippen molar-refractivity contribution in [1.82, 2.24) is 0 Å². The van der Waals surface area contributed by atoms with Gasteiger partial charge in [0.05, 0.1) is 6.61 Å². The highest BCUT2D eigenvalue weighted by Crippen LogP contribution is 1.92. The van der Waals surface area contributed by atoms with E-state index in [4.69, 9.17) is 16.7 Å². The van der Waals surface area contributed by atoms with Crippen molar-refractivity contribution in [3.05, 3.63) is 24.3 Å². The van der Waals surface area contributed by atoms with Gasteiger partial charge in [-0.25, -0.2) is 0 Å². The number of halogens is 1. The average molecular weight is 161 g/mol. The van der Waals surface area contributed by atoms with Crippen molar-refractivity contribution in [1.29, 1.82) is 0 Å². The SMILES string of the molecule is OC/C=C/CC/C=C/CCl. The predicted molar refractivity (Wildman–Crippen MR) is 45.3 cm³/mol. The zero-order valence-corrected chi connectivity index (χ0v) is 6.72. The first-order valence-corrected chi connectivity index (χ1v) is 3.92. The van der Waals surface area contributed by atoms with E-state index in [2.05, 4.69) is 0 Å². The molecule has 58 valence electrons. The summed E-state index contributed by atoms with van der Waals surface area (Å²) in [5.74, 6) is 0.587. The molecule has 0 aliphatic heterocycles. The second-order valence-electron chi connectivity index (χ2n) is 1.86. The van der Waals surface area contributed by atoms with E-state index in [9.17, 15) is 0 Å². The summed E-state index contributed by atoms with van der Waals surface area (Å²) in [5, 5.41) is 8.34. The van der Waals surface area contributed by atoms with Gasteiger partial charge in [0.25, 0.3) is 0 Å². The highest BCUT2D eigenvalue weighted by Gasteiger charge is 1.74. The molecule has 0 aromatic heterocycles. The van der Waals surface area contributed by atoms with E-state index in [0.717, 1.165) is 12.8 Å².